The van der Waals surface area contributed by atoms with E-state index in [1.54, 1.807) is 22.0 Å². The van der Waals surface area contributed by atoms with E-state index in [2.05, 4.69) is 20.2 Å². The van der Waals surface area contributed by atoms with Crippen molar-refractivity contribution in [3.8, 4) is 5.69 Å². The number of carbonyl (C=O) groups is 1. The fourth-order valence-electron chi connectivity index (χ4n) is 3.42. The summed E-state index contributed by atoms with van der Waals surface area (Å²) in [6, 6.07) is 17.3. The molecular weight excluding hydrogens is 380 g/mol. The highest BCUT2D eigenvalue weighted by atomic mass is 16.5. The molecule has 1 saturated heterocycles. The number of hydrogen-bond acceptors (Lipinski definition) is 5. The maximum absolute atomic E-state index is 13.3. The second-order valence-electron chi connectivity index (χ2n) is 6.96. The number of amides is 1. The number of aromatic amines is 1. The molecule has 0 radical (unpaired) electrons. The van der Waals surface area contributed by atoms with Crippen LogP contribution in [0.2, 0.25) is 0 Å². The number of ether oxygens (including phenoxy) is 1. The molecular formula is C22H20N6O2. The van der Waals surface area contributed by atoms with Crippen molar-refractivity contribution < 1.29 is 9.53 Å². The summed E-state index contributed by atoms with van der Waals surface area (Å²) in [7, 11) is 0. The molecule has 0 aliphatic carbocycles. The number of aromatic nitrogens is 5. The van der Waals surface area contributed by atoms with Gasteiger partial charge in [-0.05, 0) is 30.3 Å². The van der Waals surface area contributed by atoms with Gasteiger partial charge in [0.2, 0.25) is 0 Å². The van der Waals surface area contributed by atoms with Gasteiger partial charge in [0.1, 0.15) is 11.5 Å². The molecule has 150 valence electrons. The van der Waals surface area contributed by atoms with Gasteiger partial charge in [0.25, 0.3) is 5.91 Å². The van der Waals surface area contributed by atoms with Gasteiger partial charge in [0, 0.05) is 13.1 Å². The van der Waals surface area contributed by atoms with Crippen LogP contribution in [-0.4, -0.2) is 62.1 Å². The first-order valence-corrected chi connectivity index (χ1v) is 9.79. The molecule has 8 nitrogen and oxygen atoms in total. The van der Waals surface area contributed by atoms with Crippen LogP contribution in [0, 0.1) is 0 Å². The first kappa shape index (κ1) is 18.3. The predicted octanol–water partition coefficient (Wildman–Crippen LogP) is 2.54. The van der Waals surface area contributed by atoms with Crippen molar-refractivity contribution in [3.05, 3.63) is 72.3 Å². The third kappa shape index (κ3) is 3.60. The molecule has 1 fully saturated rings. The summed E-state index contributed by atoms with van der Waals surface area (Å²) in [5.41, 5.74) is 3.56. The average Bonchev–Trinajstić information content (AvgIpc) is 3.45. The number of fused-ring (bicyclic) bond motifs is 1. The molecule has 2 aromatic carbocycles. The van der Waals surface area contributed by atoms with Gasteiger partial charge < -0.3 is 14.6 Å². The van der Waals surface area contributed by atoms with Crippen molar-refractivity contribution in [2.24, 2.45) is 0 Å². The summed E-state index contributed by atoms with van der Waals surface area (Å²) in [5.74, 6) is 0.411. The maximum atomic E-state index is 13.3. The number of nitrogens with one attached hydrogen (secondary N) is 1. The second-order valence-corrected chi connectivity index (χ2v) is 6.96. The molecule has 2 aromatic heterocycles. The Hall–Kier alpha value is -3.78. The lowest BCUT2D eigenvalue weighted by Crippen LogP contribution is -2.41. The zero-order chi connectivity index (χ0) is 20.3. The van der Waals surface area contributed by atoms with Gasteiger partial charge in [-0.2, -0.15) is 9.90 Å². The zero-order valence-corrected chi connectivity index (χ0v) is 16.2. The largest absolute Gasteiger partial charge is 0.378 e. The van der Waals surface area contributed by atoms with Crippen LogP contribution >= 0.6 is 0 Å². The Morgan fingerprint density at radius 3 is 2.60 bits per heavy atom. The van der Waals surface area contributed by atoms with Crippen molar-refractivity contribution in [3.63, 3.8) is 0 Å². The van der Waals surface area contributed by atoms with Crippen LogP contribution in [0.3, 0.4) is 0 Å². The van der Waals surface area contributed by atoms with Crippen LogP contribution in [0.4, 0.5) is 0 Å². The van der Waals surface area contributed by atoms with E-state index < -0.39 is 0 Å². The Morgan fingerprint density at radius 2 is 1.80 bits per heavy atom. The fourth-order valence-corrected chi connectivity index (χ4v) is 3.42. The van der Waals surface area contributed by atoms with E-state index in [9.17, 15) is 4.79 Å². The smallest absolute Gasteiger partial charge is 0.257 e. The summed E-state index contributed by atoms with van der Waals surface area (Å²) >= 11 is 0. The second kappa shape index (κ2) is 7.92. The molecule has 1 aliphatic rings. The zero-order valence-electron chi connectivity index (χ0n) is 16.2. The summed E-state index contributed by atoms with van der Waals surface area (Å²) in [6.07, 6.45) is 3.38. The van der Waals surface area contributed by atoms with Crippen LogP contribution in [0.1, 0.15) is 11.5 Å². The normalized spacial score (nSPS) is 14.9. The lowest BCUT2D eigenvalue weighted by atomic mass is 10.1. The van der Waals surface area contributed by atoms with E-state index in [4.69, 9.17) is 4.74 Å². The van der Waals surface area contributed by atoms with E-state index in [-0.39, 0.29) is 5.91 Å². The van der Waals surface area contributed by atoms with Gasteiger partial charge >= 0.3 is 0 Å². The number of carbonyl (C=O) groups excluding carboxylic acids is 1. The summed E-state index contributed by atoms with van der Waals surface area (Å²) in [5, 5.41) is 8.85. The number of benzene rings is 2. The molecule has 5 rings (SSSR count). The van der Waals surface area contributed by atoms with Gasteiger partial charge in [-0.3, -0.25) is 4.79 Å². The third-order valence-electron chi connectivity index (χ3n) is 4.96. The highest BCUT2D eigenvalue weighted by Gasteiger charge is 2.24. The number of nitrogens with zero attached hydrogens (tertiary/aromatic N) is 5. The fraction of sp³-hybridized carbons (Fsp3) is 0.182. The van der Waals surface area contributed by atoms with Gasteiger partial charge in [0.05, 0.1) is 41.7 Å². The van der Waals surface area contributed by atoms with Crippen molar-refractivity contribution >= 4 is 28.6 Å². The third-order valence-corrected chi connectivity index (χ3v) is 4.96. The number of H-pyrrole nitrogens is 1. The Bertz CT molecular complexity index is 1170. The SMILES string of the molecule is O=C(/C(=C/c1cnn(-c2ccccc2)n1)c1nc2ccccc2[nH]1)N1CCOCC1. The van der Waals surface area contributed by atoms with E-state index in [0.717, 1.165) is 16.7 Å². The highest BCUT2D eigenvalue weighted by molar-refractivity contribution is 6.23. The minimum atomic E-state index is -0.105. The molecule has 1 aliphatic heterocycles. The minimum absolute atomic E-state index is 0.105. The number of imidazole rings is 1. The Morgan fingerprint density at radius 1 is 1.03 bits per heavy atom. The van der Waals surface area contributed by atoms with Crippen LogP contribution in [0.25, 0.3) is 28.4 Å². The molecule has 0 unspecified atom stereocenters. The lowest BCUT2D eigenvalue weighted by molar-refractivity contribution is -0.128. The van der Waals surface area contributed by atoms with E-state index in [1.807, 2.05) is 54.6 Å². The molecule has 0 bridgehead atoms. The molecule has 4 aromatic rings. The first-order valence-electron chi connectivity index (χ1n) is 9.79. The molecule has 1 N–H and O–H groups in total. The Kier molecular flexibility index (Phi) is 4.82. The standard InChI is InChI=1S/C22H20N6O2/c29-22(27-10-12-30-13-11-27)18(21-24-19-8-4-5-9-20(19)25-21)14-16-15-23-28(26-16)17-6-2-1-3-7-17/h1-9,14-15H,10-13H2,(H,24,25)/b18-14+. The van der Waals surface area contributed by atoms with Gasteiger partial charge in [-0.15, -0.1) is 5.10 Å². The van der Waals surface area contributed by atoms with Gasteiger partial charge in [0.15, 0.2) is 0 Å². The monoisotopic (exact) mass is 400 g/mol. The van der Waals surface area contributed by atoms with Crippen LogP contribution < -0.4 is 0 Å². The van der Waals surface area contributed by atoms with Crippen molar-refractivity contribution in [1.29, 1.82) is 0 Å². The quantitative estimate of drug-likeness (QED) is 0.532. The average molecular weight is 400 g/mol. The Balaban J connectivity index is 1.55. The number of para-hydroxylation sites is 3. The molecule has 0 saturated carbocycles. The number of hydrogen-bond donors (Lipinski definition) is 1. The van der Waals surface area contributed by atoms with Crippen LogP contribution in [0.15, 0.2) is 60.8 Å². The van der Waals surface area contributed by atoms with Crippen molar-refractivity contribution in [1.82, 2.24) is 29.9 Å². The van der Waals surface area contributed by atoms with Gasteiger partial charge in [-0.25, -0.2) is 4.98 Å². The Labute approximate surface area is 172 Å². The first-order chi connectivity index (χ1) is 14.8. The van der Waals surface area contributed by atoms with Crippen LogP contribution in [-0.2, 0) is 9.53 Å². The lowest BCUT2D eigenvalue weighted by Gasteiger charge is -2.27. The molecule has 0 spiro atoms. The van der Waals surface area contributed by atoms with Gasteiger partial charge in [-0.1, -0.05) is 30.3 Å². The van der Waals surface area contributed by atoms with Crippen LogP contribution in [0.5, 0.6) is 0 Å². The molecule has 1 amide bonds. The van der Waals surface area contributed by atoms with Crippen molar-refractivity contribution in [2.45, 2.75) is 0 Å². The topological polar surface area (TPSA) is 88.9 Å². The number of rotatable bonds is 4. The summed E-state index contributed by atoms with van der Waals surface area (Å²) < 4.78 is 5.39. The van der Waals surface area contributed by atoms with E-state index in [0.29, 0.717) is 43.4 Å². The number of morpholine rings is 1. The molecule has 3 heterocycles. The molecule has 0 atom stereocenters. The summed E-state index contributed by atoms with van der Waals surface area (Å²) in [6.45, 7) is 2.16. The molecule has 8 heteroatoms. The van der Waals surface area contributed by atoms with E-state index >= 15 is 0 Å². The van der Waals surface area contributed by atoms with E-state index in [1.165, 1.54) is 0 Å². The molecule has 30 heavy (non-hydrogen) atoms. The maximum Gasteiger partial charge on any atom is 0.257 e. The minimum Gasteiger partial charge on any atom is -0.378 e. The van der Waals surface area contributed by atoms with Crippen molar-refractivity contribution in [2.75, 3.05) is 26.3 Å². The highest BCUT2D eigenvalue weighted by Crippen LogP contribution is 2.22. The summed E-state index contributed by atoms with van der Waals surface area (Å²) in [4.78, 5) is 24.6. The predicted molar refractivity (Wildman–Crippen MR) is 113 cm³/mol.